The molecule has 1 aliphatic heterocycles. The third-order valence-electron chi connectivity index (χ3n) is 4.59. The first kappa shape index (κ1) is 14.3. The standard InChI is InChI=1S/C14H23NO4/c1-9-7-15(8-11(9)14(18)19)13(17)12(16)10-5-3-2-4-6-10/h9-12,16H,2-8H2,1H3,(H,18,19)/t9-,11-,12?/m1/s1. The van der Waals surface area contributed by atoms with E-state index in [1.54, 1.807) is 0 Å². The summed E-state index contributed by atoms with van der Waals surface area (Å²) < 4.78 is 0. The molecule has 0 aromatic heterocycles. The van der Waals surface area contributed by atoms with Gasteiger partial charge >= 0.3 is 5.97 Å². The van der Waals surface area contributed by atoms with Crippen molar-refractivity contribution in [3.8, 4) is 0 Å². The Kier molecular flexibility index (Phi) is 4.45. The molecule has 0 spiro atoms. The number of carboxylic acid groups (broad SMARTS) is 1. The van der Waals surface area contributed by atoms with Crippen molar-refractivity contribution in [2.75, 3.05) is 13.1 Å². The maximum absolute atomic E-state index is 12.2. The van der Waals surface area contributed by atoms with Crippen LogP contribution in [0.25, 0.3) is 0 Å². The Morgan fingerprint density at radius 3 is 2.32 bits per heavy atom. The predicted octanol–water partition coefficient (Wildman–Crippen LogP) is 1.11. The summed E-state index contributed by atoms with van der Waals surface area (Å²) in [6, 6.07) is 0. The molecule has 1 aliphatic carbocycles. The van der Waals surface area contributed by atoms with E-state index in [-0.39, 0.29) is 24.3 Å². The SMILES string of the molecule is C[C@@H]1CN(C(=O)C(O)C2CCCCC2)C[C@H]1C(=O)O. The number of carbonyl (C=O) groups is 2. The van der Waals surface area contributed by atoms with Gasteiger partial charge in [0, 0.05) is 13.1 Å². The lowest BCUT2D eigenvalue weighted by molar-refractivity contribution is -0.144. The number of nitrogens with zero attached hydrogens (tertiary/aromatic N) is 1. The number of carbonyl (C=O) groups excluding carboxylic acids is 1. The molecule has 0 aromatic rings. The summed E-state index contributed by atoms with van der Waals surface area (Å²) >= 11 is 0. The van der Waals surface area contributed by atoms with Gasteiger partial charge in [0.15, 0.2) is 0 Å². The summed E-state index contributed by atoms with van der Waals surface area (Å²) in [7, 11) is 0. The lowest BCUT2D eigenvalue weighted by Gasteiger charge is -2.28. The predicted molar refractivity (Wildman–Crippen MR) is 69.5 cm³/mol. The van der Waals surface area contributed by atoms with E-state index in [1.165, 1.54) is 11.3 Å². The first-order chi connectivity index (χ1) is 9.00. The van der Waals surface area contributed by atoms with Gasteiger partial charge in [-0.2, -0.15) is 0 Å². The van der Waals surface area contributed by atoms with Crippen molar-refractivity contribution in [1.29, 1.82) is 0 Å². The third-order valence-corrected chi connectivity index (χ3v) is 4.59. The number of hydrogen-bond acceptors (Lipinski definition) is 3. The largest absolute Gasteiger partial charge is 0.481 e. The van der Waals surface area contributed by atoms with E-state index in [0.717, 1.165) is 25.7 Å². The van der Waals surface area contributed by atoms with Crippen molar-refractivity contribution in [2.45, 2.75) is 45.1 Å². The summed E-state index contributed by atoms with van der Waals surface area (Å²) in [6.07, 6.45) is 4.18. The van der Waals surface area contributed by atoms with Crippen LogP contribution in [0.2, 0.25) is 0 Å². The van der Waals surface area contributed by atoms with Gasteiger partial charge in [-0.1, -0.05) is 26.2 Å². The van der Waals surface area contributed by atoms with Crippen LogP contribution in [0.5, 0.6) is 0 Å². The minimum Gasteiger partial charge on any atom is -0.481 e. The molecule has 5 heteroatoms. The highest BCUT2D eigenvalue weighted by Crippen LogP contribution is 2.29. The molecular weight excluding hydrogens is 246 g/mol. The molecule has 0 bridgehead atoms. The third kappa shape index (κ3) is 3.08. The van der Waals surface area contributed by atoms with Crippen LogP contribution in [-0.4, -0.2) is 46.2 Å². The molecule has 5 nitrogen and oxygen atoms in total. The smallest absolute Gasteiger partial charge is 0.308 e. The van der Waals surface area contributed by atoms with E-state index in [9.17, 15) is 14.7 Å². The zero-order chi connectivity index (χ0) is 14.0. The van der Waals surface area contributed by atoms with Crippen LogP contribution in [0, 0.1) is 17.8 Å². The average molecular weight is 269 g/mol. The Bertz CT molecular complexity index is 351. The quantitative estimate of drug-likeness (QED) is 0.804. The molecule has 0 radical (unpaired) electrons. The molecular formula is C14H23NO4. The normalized spacial score (nSPS) is 30.3. The van der Waals surface area contributed by atoms with Gasteiger partial charge in [0.2, 0.25) is 0 Å². The van der Waals surface area contributed by atoms with Crippen molar-refractivity contribution >= 4 is 11.9 Å². The molecule has 2 aliphatic rings. The molecule has 1 saturated heterocycles. The van der Waals surface area contributed by atoms with E-state index in [4.69, 9.17) is 5.11 Å². The van der Waals surface area contributed by atoms with Gasteiger partial charge in [0.1, 0.15) is 6.10 Å². The molecule has 1 heterocycles. The van der Waals surface area contributed by atoms with Crippen molar-refractivity contribution in [1.82, 2.24) is 4.90 Å². The number of hydrogen-bond donors (Lipinski definition) is 2. The fourth-order valence-corrected chi connectivity index (χ4v) is 3.31. The van der Waals surface area contributed by atoms with E-state index >= 15 is 0 Å². The lowest BCUT2D eigenvalue weighted by Crippen LogP contribution is -2.42. The van der Waals surface area contributed by atoms with E-state index in [0.29, 0.717) is 6.54 Å². The van der Waals surface area contributed by atoms with Crippen LogP contribution in [0.1, 0.15) is 39.0 Å². The van der Waals surface area contributed by atoms with Gasteiger partial charge in [-0.05, 0) is 24.7 Å². The molecule has 0 aromatic carbocycles. The number of likely N-dealkylation sites (tertiary alicyclic amines) is 1. The summed E-state index contributed by atoms with van der Waals surface area (Å²) in [6.45, 7) is 2.53. The molecule has 2 rings (SSSR count). The number of aliphatic hydroxyl groups excluding tert-OH is 1. The van der Waals surface area contributed by atoms with Gasteiger partial charge in [-0.3, -0.25) is 9.59 Å². The number of carboxylic acids is 1. The molecule has 108 valence electrons. The Balaban J connectivity index is 1.94. The second kappa shape index (κ2) is 5.90. The molecule has 3 atom stereocenters. The average Bonchev–Trinajstić information content (AvgIpc) is 2.80. The van der Waals surface area contributed by atoms with E-state index in [2.05, 4.69) is 0 Å². The zero-order valence-corrected chi connectivity index (χ0v) is 11.4. The summed E-state index contributed by atoms with van der Waals surface area (Å²) in [5, 5.41) is 19.2. The van der Waals surface area contributed by atoms with Gasteiger partial charge < -0.3 is 15.1 Å². The van der Waals surface area contributed by atoms with Crippen molar-refractivity contribution in [2.24, 2.45) is 17.8 Å². The molecule has 2 N–H and O–H groups in total. The van der Waals surface area contributed by atoms with Crippen molar-refractivity contribution < 1.29 is 19.8 Å². The minimum atomic E-state index is -0.944. The Morgan fingerprint density at radius 2 is 1.79 bits per heavy atom. The molecule has 1 saturated carbocycles. The van der Waals surface area contributed by atoms with Crippen LogP contribution in [0.3, 0.4) is 0 Å². The second-order valence-corrected chi connectivity index (χ2v) is 6.01. The number of aliphatic hydroxyl groups is 1. The Hall–Kier alpha value is -1.10. The van der Waals surface area contributed by atoms with Gasteiger partial charge in [-0.15, -0.1) is 0 Å². The Labute approximate surface area is 113 Å². The molecule has 1 amide bonds. The van der Waals surface area contributed by atoms with Crippen LogP contribution < -0.4 is 0 Å². The fourth-order valence-electron chi connectivity index (χ4n) is 3.31. The zero-order valence-electron chi connectivity index (χ0n) is 11.4. The summed E-state index contributed by atoms with van der Waals surface area (Å²) in [4.78, 5) is 24.8. The maximum Gasteiger partial charge on any atom is 0.308 e. The van der Waals surface area contributed by atoms with Crippen LogP contribution in [-0.2, 0) is 9.59 Å². The summed E-state index contributed by atoms with van der Waals surface area (Å²) in [5.41, 5.74) is 0. The first-order valence-corrected chi connectivity index (χ1v) is 7.20. The first-order valence-electron chi connectivity index (χ1n) is 7.20. The highest BCUT2D eigenvalue weighted by Gasteiger charge is 2.40. The molecule has 2 fully saturated rings. The van der Waals surface area contributed by atoms with Crippen molar-refractivity contribution in [3.63, 3.8) is 0 Å². The van der Waals surface area contributed by atoms with E-state index < -0.39 is 18.0 Å². The summed E-state index contributed by atoms with van der Waals surface area (Å²) in [5.74, 6) is -1.61. The monoisotopic (exact) mass is 269 g/mol. The fraction of sp³-hybridized carbons (Fsp3) is 0.857. The van der Waals surface area contributed by atoms with Crippen LogP contribution in [0.4, 0.5) is 0 Å². The van der Waals surface area contributed by atoms with Crippen molar-refractivity contribution in [3.05, 3.63) is 0 Å². The topological polar surface area (TPSA) is 77.8 Å². The van der Waals surface area contributed by atoms with Crippen LogP contribution in [0.15, 0.2) is 0 Å². The Morgan fingerprint density at radius 1 is 1.16 bits per heavy atom. The second-order valence-electron chi connectivity index (χ2n) is 6.01. The molecule has 1 unspecified atom stereocenters. The van der Waals surface area contributed by atoms with Gasteiger partial charge in [-0.25, -0.2) is 0 Å². The van der Waals surface area contributed by atoms with Gasteiger partial charge in [0.05, 0.1) is 5.92 Å². The maximum atomic E-state index is 12.2. The minimum absolute atomic E-state index is 0.0417. The van der Waals surface area contributed by atoms with Gasteiger partial charge in [0.25, 0.3) is 5.91 Å². The number of aliphatic carboxylic acids is 1. The highest BCUT2D eigenvalue weighted by molar-refractivity contribution is 5.82. The number of amides is 1. The van der Waals surface area contributed by atoms with Crippen LogP contribution >= 0.6 is 0 Å². The molecule has 19 heavy (non-hydrogen) atoms. The van der Waals surface area contributed by atoms with E-state index in [1.807, 2.05) is 6.92 Å². The lowest BCUT2D eigenvalue weighted by atomic mass is 9.85. The number of rotatable bonds is 3. The highest BCUT2D eigenvalue weighted by atomic mass is 16.4.